The van der Waals surface area contributed by atoms with Gasteiger partial charge < -0.3 is 10.8 Å². The number of hydrogen-bond donors (Lipinski definition) is 2. The number of phenolic OH excluding ortho intramolecular Hbond substituents is 1. The first kappa shape index (κ1) is 18.3. The van der Waals surface area contributed by atoms with Gasteiger partial charge in [0.1, 0.15) is 5.75 Å². The lowest BCUT2D eigenvalue weighted by Gasteiger charge is -2.20. The van der Waals surface area contributed by atoms with E-state index in [4.69, 9.17) is 5.73 Å². The maximum absolute atomic E-state index is 12.8. The zero-order valence-corrected chi connectivity index (χ0v) is 12.3. The highest BCUT2D eigenvalue weighted by Gasteiger charge is 2.36. The SMILES string of the molecule is C=CCC[C@H](N)c1c(C(F)(F)F)ccc(Br)c1O.Cl. The number of benzene rings is 1. The lowest BCUT2D eigenvalue weighted by atomic mass is 9.96. The van der Waals surface area contributed by atoms with Crippen molar-refractivity contribution >= 4 is 28.3 Å². The van der Waals surface area contributed by atoms with Gasteiger partial charge in [-0.05, 0) is 40.9 Å². The largest absolute Gasteiger partial charge is 0.506 e. The summed E-state index contributed by atoms with van der Waals surface area (Å²) in [6.07, 6.45) is -2.21. The van der Waals surface area contributed by atoms with Crippen LogP contribution in [-0.4, -0.2) is 5.11 Å². The molecule has 1 rings (SSSR count). The molecule has 0 radical (unpaired) electrons. The second-order valence-corrected chi connectivity index (χ2v) is 4.68. The van der Waals surface area contributed by atoms with E-state index >= 15 is 0 Å². The summed E-state index contributed by atoms with van der Waals surface area (Å²) >= 11 is 2.99. The van der Waals surface area contributed by atoms with Gasteiger partial charge in [0.15, 0.2) is 0 Å². The summed E-state index contributed by atoms with van der Waals surface area (Å²) in [5.41, 5.74) is 4.54. The summed E-state index contributed by atoms with van der Waals surface area (Å²) in [5, 5.41) is 9.76. The molecular formula is C12H14BrClF3NO. The summed E-state index contributed by atoms with van der Waals surface area (Å²) in [6, 6.07) is 1.17. The number of allylic oxidation sites excluding steroid dienone is 1. The quantitative estimate of drug-likeness (QED) is 0.773. The lowest BCUT2D eigenvalue weighted by molar-refractivity contribution is -0.138. The molecule has 0 aliphatic rings. The molecule has 0 aromatic heterocycles. The molecule has 0 unspecified atom stereocenters. The Kier molecular flexibility index (Phi) is 6.89. The molecule has 0 heterocycles. The molecule has 108 valence electrons. The molecule has 2 nitrogen and oxygen atoms in total. The number of halogens is 5. The van der Waals surface area contributed by atoms with Crippen LogP contribution in [0.4, 0.5) is 13.2 Å². The van der Waals surface area contributed by atoms with E-state index in [9.17, 15) is 18.3 Å². The average Bonchev–Trinajstić information content (AvgIpc) is 2.27. The standard InChI is InChI=1S/C12H13BrF3NO.ClH/c1-2-3-4-9(17)10-7(12(14,15)16)5-6-8(13)11(10)18;/h2,5-6,9,18H,1,3-4,17H2;1H/t9-;/m0./s1. The van der Waals surface area contributed by atoms with E-state index in [1.165, 1.54) is 0 Å². The highest BCUT2D eigenvalue weighted by atomic mass is 79.9. The van der Waals surface area contributed by atoms with Crippen LogP contribution in [0.3, 0.4) is 0 Å². The first-order valence-corrected chi connectivity index (χ1v) is 6.03. The van der Waals surface area contributed by atoms with E-state index in [0.29, 0.717) is 6.42 Å². The van der Waals surface area contributed by atoms with E-state index in [1.54, 1.807) is 6.08 Å². The van der Waals surface area contributed by atoms with Crippen LogP contribution >= 0.6 is 28.3 Å². The summed E-state index contributed by atoms with van der Waals surface area (Å²) < 4.78 is 38.7. The van der Waals surface area contributed by atoms with Crippen molar-refractivity contribution in [2.75, 3.05) is 0 Å². The van der Waals surface area contributed by atoms with Crippen LogP contribution < -0.4 is 5.73 Å². The Morgan fingerprint density at radius 2 is 2.00 bits per heavy atom. The maximum atomic E-state index is 12.8. The lowest BCUT2D eigenvalue weighted by Crippen LogP contribution is -2.17. The van der Waals surface area contributed by atoms with Gasteiger partial charge in [0.2, 0.25) is 0 Å². The molecule has 3 N–H and O–H groups in total. The first-order chi connectivity index (χ1) is 8.29. The van der Waals surface area contributed by atoms with Gasteiger partial charge >= 0.3 is 6.18 Å². The number of nitrogens with two attached hydrogens (primary N) is 1. The predicted molar refractivity (Wildman–Crippen MR) is 74.4 cm³/mol. The number of rotatable bonds is 4. The Balaban J connectivity index is 0.00000324. The second kappa shape index (κ2) is 7.17. The molecule has 19 heavy (non-hydrogen) atoms. The Hall–Kier alpha value is -0.720. The molecule has 1 aromatic rings. The molecule has 1 aromatic carbocycles. The van der Waals surface area contributed by atoms with E-state index < -0.39 is 23.5 Å². The van der Waals surface area contributed by atoms with Gasteiger partial charge in [-0.15, -0.1) is 19.0 Å². The second-order valence-electron chi connectivity index (χ2n) is 3.83. The zero-order chi connectivity index (χ0) is 13.9. The van der Waals surface area contributed by atoms with Crippen LogP contribution in [0.5, 0.6) is 5.75 Å². The molecule has 0 aliphatic carbocycles. The Labute approximate surface area is 124 Å². The van der Waals surface area contributed by atoms with Gasteiger partial charge in [-0.3, -0.25) is 0 Å². The minimum atomic E-state index is -4.54. The third-order valence-electron chi connectivity index (χ3n) is 2.53. The highest BCUT2D eigenvalue weighted by Crippen LogP contribution is 2.42. The third-order valence-corrected chi connectivity index (χ3v) is 3.17. The van der Waals surface area contributed by atoms with Crippen molar-refractivity contribution in [3.05, 3.63) is 40.4 Å². The Morgan fingerprint density at radius 1 is 1.42 bits per heavy atom. The third kappa shape index (κ3) is 4.40. The van der Waals surface area contributed by atoms with Crippen molar-refractivity contribution in [1.82, 2.24) is 0 Å². The van der Waals surface area contributed by atoms with Gasteiger partial charge in [0.25, 0.3) is 0 Å². The van der Waals surface area contributed by atoms with Crippen molar-refractivity contribution in [2.24, 2.45) is 5.73 Å². The van der Waals surface area contributed by atoms with Crippen LogP contribution in [-0.2, 0) is 6.18 Å². The molecule has 0 saturated heterocycles. The average molecular weight is 361 g/mol. The minimum Gasteiger partial charge on any atom is -0.506 e. The van der Waals surface area contributed by atoms with E-state index in [0.717, 1.165) is 12.1 Å². The predicted octanol–water partition coefficient (Wildman–Crippen LogP) is 4.56. The fourth-order valence-electron chi connectivity index (χ4n) is 1.65. The number of alkyl halides is 3. The fraction of sp³-hybridized carbons (Fsp3) is 0.333. The summed E-state index contributed by atoms with van der Waals surface area (Å²) in [7, 11) is 0. The monoisotopic (exact) mass is 359 g/mol. The van der Waals surface area contributed by atoms with Gasteiger partial charge in [0.05, 0.1) is 10.0 Å². The Bertz CT molecular complexity index is 451. The molecule has 0 spiro atoms. The molecule has 1 atom stereocenters. The summed E-state index contributed by atoms with van der Waals surface area (Å²) in [4.78, 5) is 0. The van der Waals surface area contributed by atoms with Crippen LogP contribution in [0.2, 0.25) is 0 Å². The topological polar surface area (TPSA) is 46.2 Å². The minimum absolute atomic E-state index is 0. The number of hydrogen-bond acceptors (Lipinski definition) is 2. The molecule has 0 amide bonds. The fourth-order valence-corrected chi connectivity index (χ4v) is 1.99. The first-order valence-electron chi connectivity index (χ1n) is 5.24. The number of phenols is 1. The van der Waals surface area contributed by atoms with Crippen LogP contribution in [0, 0.1) is 0 Å². The van der Waals surface area contributed by atoms with Gasteiger partial charge in [0, 0.05) is 11.6 Å². The molecule has 0 bridgehead atoms. The molecule has 0 saturated carbocycles. The van der Waals surface area contributed by atoms with Gasteiger partial charge in [-0.25, -0.2) is 0 Å². The zero-order valence-electron chi connectivity index (χ0n) is 9.88. The van der Waals surface area contributed by atoms with Crippen LogP contribution in [0.15, 0.2) is 29.3 Å². The maximum Gasteiger partial charge on any atom is 0.416 e. The normalized spacial score (nSPS) is 12.7. The van der Waals surface area contributed by atoms with E-state index in [1.807, 2.05) is 0 Å². The van der Waals surface area contributed by atoms with E-state index in [-0.39, 0.29) is 28.9 Å². The van der Waals surface area contributed by atoms with Crippen molar-refractivity contribution in [3.8, 4) is 5.75 Å². The van der Waals surface area contributed by atoms with Crippen molar-refractivity contribution in [2.45, 2.75) is 25.1 Å². The van der Waals surface area contributed by atoms with Crippen LogP contribution in [0.25, 0.3) is 0 Å². The molecule has 0 aliphatic heterocycles. The van der Waals surface area contributed by atoms with Gasteiger partial charge in [-0.2, -0.15) is 13.2 Å². The summed E-state index contributed by atoms with van der Waals surface area (Å²) in [5.74, 6) is -0.457. The van der Waals surface area contributed by atoms with Crippen molar-refractivity contribution < 1.29 is 18.3 Å². The van der Waals surface area contributed by atoms with Gasteiger partial charge in [-0.1, -0.05) is 6.08 Å². The molecule has 7 heteroatoms. The Morgan fingerprint density at radius 3 is 2.47 bits per heavy atom. The summed E-state index contributed by atoms with van der Waals surface area (Å²) in [6.45, 7) is 3.49. The van der Waals surface area contributed by atoms with E-state index in [2.05, 4.69) is 22.5 Å². The van der Waals surface area contributed by atoms with Crippen molar-refractivity contribution in [1.29, 1.82) is 0 Å². The number of aromatic hydroxyl groups is 1. The molecule has 0 fully saturated rings. The van der Waals surface area contributed by atoms with Crippen LogP contribution in [0.1, 0.15) is 30.0 Å². The van der Waals surface area contributed by atoms with Crippen molar-refractivity contribution in [3.63, 3.8) is 0 Å². The smallest absolute Gasteiger partial charge is 0.416 e. The highest BCUT2D eigenvalue weighted by molar-refractivity contribution is 9.10. The molecular weight excluding hydrogens is 346 g/mol.